The van der Waals surface area contributed by atoms with Crippen molar-refractivity contribution in [3.8, 4) is 0 Å². The van der Waals surface area contributed by atoms with Gasteiger partial charge in [-0.05, 0) is 55.1 Å². The fourth-order valence-corrected chi connectivity index (χ4v) is 5.16. The molecule has 0 saturated carbocycles. The topological polar surface area (TPSA) is 40.6 Å². The van der Waals surface area contributed by atoms with Crippen molar-refractivity contribution < 1.29 is 9.59 Å². The molecule has 2 saturated heterocycles. The summed E-state index contributed by atoms with van der Waals surface area (Å²) in [5.74, 6) is 0.368. The van der Waals surface area contributed by atoms with E-state index in [4.69, 9.17) is 0 Å². The first-order valence-corrected chi connectivity index (χ1v) is 9.72. The van der Waals surface area contributed by atoms with Crippen LogP contribution in [0.3, 0.4) is 0 Å². The Kier molecular flexibility index (Phi) is 4.30. The van der Waals surface area contributed by atoms with Crippen molar-refractivity contribution in [1.82, 2.24) is 9.80 Å². The lowest BCUT2D eigenvalue weighted by Crippen LogP contribution is -2.50. The van der Waals surface area contributed by atoms with Gasteiger partial charge in [0.25, 0.3) is 0 Å². The van der Waals surface area contributed by atoms with Crippen LogP contribution in [0.1, 0.15) is 50.2 Å². The van der Waals surface area contributed by atoms with Gasteiger partial charge in [-0.3, -0.25) is 9.59 Å². The highest BCUT2D eigenvalue weighted by Gasteiger charge is 2.42. The van der Waals surface area contributed by atoms with Gasteiger partial charge in [0.1, 0.15) is 0 Å². The summed E-state index contributed by atoms with van der Waals surface area (Å²) in [5.41, 5.74) is 3.33. The molecule has 1 aromatic rings. The molecule has 0 N–H and O–H groups in total. The normalized spacial score (nSPS) is 25.1. The van der Waals surface area contributed by atoms with Crippen molar-refractivity contribution in [2.45, 2.75) is 50.9 Å². The summed E-state index contributed by atoms with van der Waals surface area (Å²) in [4.78, 5) is 28.5. The van der Waals surface area contributed by atoms with Crippen molar-refractivity contribution >= 4 is 11.8 Å². The van der Waals surface area contributed by atoms with Gasteiger partial charge in [-0.1, -0.05) is 24.3 Å². The van der Waals surface area contributed by atoms with E-state index in [1.165, 1.54) is 24.0 Å². The van der Waals surface area contributed by atoms with Crippen molar-refractivity contribution in [1.29, 1.82) is 0 Å². The Bertz CT molecular complexity index is 676. The lowest BCUT2D eigenvalue weighted by atomic mass is 9.73. The molecule has 1 spiro atoms. The van der Waals surface area contributed by atoms with E-state index in [9.17, 15) is 9.59 Å². The molecule has 0 bridgehead atoms. The molecule has 4 rings (SSSR count). The summed E-state index contributed by atoms with van der Waals surface area (Å²) in [6, 6.07) is 8.85. The van der Waals surface area contributed by atoms with Gasteiger partial charge >= 0.3 is 0 Å². The molecule has 2 aliphatic heterocycles. The van der Waals surface area contributed by atoms with E-state index in [0.717, 1.165) is 45.3 Å². The standard InChI is InChI=1S/C21H28N2O2/c1-16(24)23-12-4-6-18(15-23)20(25)22-13-10-21(11-14-22)9-8-17-5-2-3-7-19(17)21/h2-3,5,7,18H,4,6,8-15H2,1H3. The number of likely N-dealkylation sites (tertiary alicyclic amines) is 2. The molecular formula is C21H28N2O2. The Morgan fingerprint density at radius 2 is 1.80 bits per heavy atom. The molecule has 0 radical (unpaired) electrons. The summed E-state index contributed by atoms with van der Waals surface area (Å²) in [5, 5.41) is 0. The quantitative estimate of drug-likeness (QED) is 0.789. The van der Waals surface area contributed by atoms with Gasteiger partial charge in [0.05, 0.1) is 5.92 Å². The third kappa shape index (κ3) is 2.96. The van der Waals surface area contributed by atoms with Gasteiger partial charge < -0.3 is 9.80 Å². The first kappa shape index (κ1) is 16.6. The zero-order valence-electron chi connectivity index (χ0n) is 15.2. The SMILES string of the molecule is CC(=O)N1CCCC(C(=O)N2CCC3(CCc4ccccc43)CC2)C1. The first-order chi connectivity index (χ1) is 12.1. The second-order valence-corrected chi connectivity index (χ2v) is 8.07. The van der Waals surface area contributed by atoms with Crippen LogP contribution in [-0.2, 0) is 21.4 Å². The van der Waals surface area contributed by atoms with Gasteiger partial charge in [0, 0.05) is 33.1 Å². The maximum Gasteiger partial charge on any atom is 0.227 e. The number of fused-ring (bicyclic) bond motifs is 2. The van der Waals surface area contributed by atoms with E-state index in [-0.39, 0.29) is 17.7 Å². The average molecular weight is 340 g/mol. The first-order valence-electron chi connectivity index (χ1n) is 9.72. The van der Waals surface area contributed by atoms with Crippen molar-refractivity contribution in [2.24, 2.45) is 5.92 Å². The minimum atomic E-state index is 0.00237. The Morgan fingerprint density at radius 1 is 1.04 bits per heavy atom. The van der Waals surface area contributed by atoms with Crippen LogP contribution in [0, 0.1) is 5.92 Å². The highest BCUT2D eigenvalue weighted by molar-refractivity contribution is 5.81. The maximum absolute atomic E-state index is 13.0. The van der Waals surface area contributed by atoms with Crippen LogP contribution in [0.2, 0.25) is 0 Å². The van der Waals surface area contributed by atoms with E-state index in [0.29, 0.717) is 12.0 Å². The van der Waals surface area contributed by atoms with Crippen LogP contribution in [0.5, 0.6) is 0 Å². The third-order valence-electron chi connectivity index (χ3n) is 6.71. The number of benzene rings is 1. The molecule has 3 aliphatic rings. The largest absolute Gasteiger partial charge is 0.342 e. The van der Waals surface area contributed by atoms with E-state index in [2.05, 4.69) is 29.2 Å². The number of nitrogens with zero attached hydrogens (tertiary/aromatic N) is 2. The lowest BCUT2D eigenvalue weighted by Gasteiger charge is -2.42. The van der Waals surface area contributed by atoms with Crippen LogP contribution in [0.4, 0.5) is 0 Å². The molecule has 2 heterocycles. The van der Waals surface area contributed by atoms with Gasteiger partial charge in [0.2, 0.25) is 11.8 Å². The van der Waals surface area contributed by atoms with Crippen LogP contribution < -0.4 is 0 Å². The number of carbonyl (C=O) groups is 2. The predicted molar refractivity (Wildman–Crippen MR) is 97.2 cm³/mol. The van der Waals surface area contributed by atoms with Crippen LogP contribution >= 0.6 is 0 Å². The monoisotopic (exact) mass is 340 g/mol. The zero-order valence-corrected chi connectivity index (χ0v) is 15.2. The summed E-state index contributed by atoms with van der Waals surface area (Å²) in [7, 11) is 0. The third-order valence-corrected chi connectivity index (χ3v) is 6.71. The molecule has 1 aromatic carbocycles. The Balaban J connectivity index is 1.41. The predicted octanol–water partition coefficient (Wildman–Crippen LogP) is 2.75. The molecule has 4 nitrogen and oxygen atoms in total. The Morgan fingerprint density at radius 3 is 2.56 bits per heavy atom. The van der Waals surface area contributed by atoms with Gasteiger partial charge in [0.15, 0.2) is 0 Å². The van der Waals surface area contributed by atoms with E-state index >= 15 is 0 Å². The summed E-state index contributed by atoms with van der Waals surface area (Å²) >= 11 is 0. The summed E-state index contributed by atoms with van der Waals surface area (Å²) in [6.45, 7) is 4.75. The van der Waals surface area contributed by atoms with Gasteiger partial charge in [-0.15, -0.1) is 0 Å². The minimum Gasteiger partial charge on any atom is -0.342 e. The second kappa shape index (κ2) is 6.47. The Hall–Kier alpha value is -1.84. The van der Waals surface area contributed by atoms with E-state index < -0.39 is 0 Å². The number of carbonyl (C=O) groups excluding carboxylic acids is 2. The summed E-state index contributed by atoms with van der Waals surface area (Å²) in [6.07, 6.45) is 6.45. The molecule has 0 aromatic heterocycles. The Labute approximate surface area is 150 Å². The minimum absolute atomic E-state index is 0.00237. The van der Waals surface area contributed by atoms with Gasteiger partial charge in [-0.2, -0.15) is 0 Å². The lowest BCUT2D eigenvalue weighted by molar-refractivity contribution is -0.141. The molecule has 2 amide bonds. The highest BCUT2D eigenvalue weighted by atomic mass is 16.2. The number of rotatable bonds is 1. The number of hydrogen-bond donors (Lipinski definition) is 0. The molecule has 134 valence electrons. The zero-order chi connectivity index (χ0) is 17.4. The average Bonchev–Trinajstić information content (AvgIpc) is 3.00. The van der Waals surface area contributed by atoms with E-state index in [1.54, 1.807) is 6.92 Å². The van der Waals surface area contributed by atoms with Crippen molar-refractivity contribution in [3.63, 3.8) is 0 Å². The number of hydrogen-bond acceptors (Lipinski definition) is 2. The molecule has 1 aliphatic carbocycles. The van der Waals surface area contributed by atoms with Crippen LogP contribution in [0.25, 0.3) is 0 Å². The van der Waals surface area contributed by atoms with Crippen molar-refractivity contribution in [3.05, 3.63) is 35.4 Å². The van der Waals surface area contributed by atoms with Crippen LogP contribution in [0.15, 0.2) is 24.3 Å². The molecular weight excluding hydrogens is 312 g/mol. The highest BCUT2D eigenvalue weighted by Crippen LogP contribution is 2.46. The molecule has 1 atom stereocenters. The molecule has 1 unspecified atom stereocenters. The van der Waals surface area contributed by atoms with E-state index in [1.807, 2.05) is 4.90 Å². The maximum atomic E-state index is 13.0. The number of piperidine rings is 2. The van der Waals surface area contributed by atoms with Crippen molar-refractivity contribution in [2.75, 3.05) is 26.2 Å². The second-order valence-electron chi connectivity index (χ2n) is 8.07. The smallest absolute Gasteiger partial charge is 0.227 e. The molecule has 2 fully saturated rings. The number of amides is 2. The van der Waals surface area contributed by atoms with Crippen LogP contribution in [-0.4, -0.2) is 47.8 Å². The van der Waals surface area contributed by atoms with Gasteiger partial charge in [-0.25, -0.2) is 0 Å². The summed E-state index contributed by atoms with van der Waals surface area (Å²) < 4.78 is 0. The fraction of sp³-hybridized carbons (Fsp3) is 0.619. The molecule has 4 heteroatoms. The molecule has 25 heavy (non-hydrogen) atoms. The number of aryl methyl sites for hydroxylation is 1. The fourth-order valence-electron chi connectivity index (χ4n) is 5.16.